The lowest BCUT2D eigenvalue weighted by molar-refractivity contribution is 0.0950. The Labute approximate surface area is 93.8 Å². The molecule has 1 atom stereocenters. The third-order valence-electron chi connectivity index (χ3n) is 1.75. The number of carbonyl (C=O) groups is 1. The van der Waals surface area contributed by atoms with Gasteiger partial charge in [-0.15, -0.1) is 0 Å². The molecule has 5 heteroatoms. The van der Waals surface area contributed by atoms with Crippen LogP contribution >= 0.6 is 0 Å². The van der Waals surface area contributed by atoms with Gasteiger partial charge < -0.3 is 5.32 Å². The SMILES string of the molecule is CC(C)=C[C@H](C#N)NC(=O)c1cncnc1. The number of allylic oxidation sites excluding steroid dienone is 1. The van der Waals surface area contributed by atoms with Gasteiger partial charge in [0.05, 0.1) is 11.6 Å². The van der Waals surface area contributed by atoms with Gasteiger partial charge in [-0.3, -0.25) is 4.79 Å². The zero-order chi connectivity index (χ0) is 12.0. The Morgan fingerprint density at radius 3 is 2.62 bits per heavy atom. The maximum Gasteiger partial charge on any atom is 0.255 e. The molecule has 0 bridgehead atoms. The van der Waals surface area contributed by atoms with Crippen molar-refractivity contribution in [3.05, 3.63) is 35.9 Å². The molecule has 0 fully saturated rings. The van der Waals surface area contributed by atoms with Crippen molar-refractivity contribution in [2.24, 2.45) is 0 Å². The van der Waals surface area contributed by atoms with E-state index < -0.39 is 6.04 Å². The van der Waals surface area contributed by atoms with E-state index in [1.165, 1.54) is 18.7 Å². The van der Waals surface area contributed by atoms with Gasteiger partial charge in [0.25, 0.3) is 5.91 Å². The second-order valence-electron chi connectivity index (χ2n) is 3.45. The molecule has 16 heavy (non-hydrogen) atoms. The van der Waals surface area contributed by atoms with Crippen molar-refractivity contribution >= 4 is 5.91 Å². The van der Waals surface area contributed by atoms with Gasteiger partial charge in [-0.1, -0.05) is 5.57 Å². The van der Waals surface area contributed by atoms with Crippen LogP contribution < -0.4 is 5.32 Å². The largest absolute Gasteiger partial charge is 0.333 e. The summed E-state index contributed by atoms with van der Waals surface area (Å²) in [6, 6.07) is 1.36. The molecule has 1 aromatic heterocycles. The number of carbonyl (C=O) groups excluding carboxylic acids is 1. The highest BCUT2D eigenvalue weighted by Crippen LogP contribution is 1.97. The lowest BCUT2D eigenvalue weighted by Crippen LogP contribution is -2.32. The minimum Gasteiger partial charge on any atom is -0.333 e. The zero-order valence-electron chi connectivity index (χ0n) is 9.14. The summed E-state index contributed by atoms with van der Waals surface area (Å²) >= 11 is 0. The van der Waals surface area contributed by atoms with Crippen molar-refractivity contribution in [2.45, 2.75) is 19.9 Å². The van der Waals surface area contributed by atoms with Gasteiger partial charge in [-0.25, -0.2) is 9.97 Å². The van der Waals surface area contributed by atoms with Crippen LogP contribution in [0.1, 0.15) is 24.2 Å². The van der Waals surface area contributed by atoms with E-state index in [0.29, 0.717) is 5.56 Å². The molecule has 1 aromatic rings. The van der Waals surface area contributed by atoms with E-state index in [2.05, 4.69) is 15.3 Å². The quantitative estimate of drug-likeness (QED) is 0.766. The summed E-state index contributed by atoms with van der Waals surface area (Å²) in [5.41, 5.74) is 1.31. The molecular formula is C11H12N4O. The highest BCUT2D eigenvalue weighted by molar-refractivity contribution is 5.94. The second-order valence-corrected chi connectivity index (χ2v) is 3.45. The number of rotatable bonds is 3. The molecule has 0 aliphatic heterocycles. The van der Waals surface area contributed by atoms with Gasteiger partial charge >= 0.3 is 0 Å². The second kappa shape index (κ2) is 5.61. The van der Waals surface area contributed by atoms with Crippen molar-refractivity contribution in [2.75, 3.05) is 0 Å². The summed E-state index contributed by atoms with van der Waals surface area (Å²) < 4.78 is 0. The summed E-state index contributed by atoms with van der Waals surface area (Å²) in [5.74, 6) is -0.357. The van der Waals surface area contributed by atoms with Crippen molar-refractivity contribution in [3.63, 3.8) is 0 Å². The molecule has 1 rings (SSSR count). The Bertz CT molecular complexity index is 429. The Hall–Kier alpha value is -2.22. The van der Waals surface area contributed by atoms with Crippen LogP contribution in [0.3, 0.4) is 0 Å². The lowest BCUT2D eigenvalue weighted by atomic mass is 10.2. The van der Waals surface area contributed by atoms with Crippen molar-refractivity contribution < 1.29 is 4.79 Å². The van der Waals surface area contributed by atoms with Gasteiger partial charge in [-0.2, -0.15) is 5.26 Å². The maximum absolute atomic E-state index is 11.6. The molecular weight excluding hydrogens is 204 g/mol. The van der Waals surface area contributed by atoms with Gasteiger partial charge in [0, 0.05) is 12.4 Å². The summed E-state index contributed by atoms with van der Waals surface area (Å²) in [6.07, 6.45) is 5.83. The summed E-state index contributed by atoms with van der Waals surface area (Å²) in [4.78, 5) is 19.1. The molecule has 82 valence electrons. The minimum absolute atomic E-state index is 0.338. The number of nitrogens with zero attached hydrogens (tertiary/aromatic N) is 3. The van der Waals surface area contributed by atoms with Crippen LogP contribution in [0.5, 0.6) is 0 Å². The van der Waals surface area contributed by atoms with E-state index in [4.69, 9.17) is 5.26 Å². The van der Waals surface area contributed by atoms with E-state index in [-0.39, 0.29) is 5.91 Å². The molecule has 5 nitrogen and oxygen atoms in total. The van der Waals surface area contributed by atoms with E-state index in [9.17, 15) is 4.79 Å². The third kappa shape index (κ3) is 3.50. The van der Waals surface area contributed by atoms with Crippen molar-refractivity contribution in [1.29, 1.82) is 5.26 Å². The molecule has 0 aromatic carbocycles. The summed E-state index contributed by atoms with van der Waals surface area (Å²) in [7, 11) is 0. The normalized spacial score (nSPS) is 11.1. The lowest BCUT2D eigenvalue weighted by Gasteiger charge is -2.07. The van der Waals surface area contributed by atoms with E-state index in [1.807, 2.05) is 19.9 Å². The van der Waals surface area contributed by atoms with Crippen LogP contribution in [0.15, 0.2) is 30.4 Å². The van der Waals surface area contributed by atoms with Gasteiger partial charge in [-0.05, 0) is 19.9 Å². The van der Waals surface area contributed by atoms with Crippen molar-refractivity contribution in [3.8, 4) is 6.07 Å². The first-order valence-electron chi connectivity index (χ1n) is 4.74. The topological polar surface area (TPSA) is 78.7 Å². The predicted octanol–water partition coefficient (Wildman–Crippen LogP) is 1.06. The van der Waals surface area contributed by atoms with Gasteiger partial charge in [0.2, 0.25) is 0 Å². The molecule has 0 radical (unpaired) electrons. The molecule has 1 heterocycles. The van der Waals surface area contributed by atoms with Crippen LogP contribution in [-0.2, 0) is 0 Å². The zero-order valence-corrected chi connectivity index (χ0v) is 9.14. The van der Waals surface area contributed by atoms with Crippen LogP contribution in [0.2, 0.25) is 0 Å². The minimum atomic E-state index is -0.627. The molecule has 0 saturated heterocycles. The average Bonchev–Trinajstić information content (AvgIpc) is 2.28. The maximum atomic E-state index is 11.6. The third-order valence-corrected chi connectivity index (χ3v) is 1.75. The highest BCUT2D eigenvalue weighted by atomic mass is 16.1. The number of hydrogen-bond donors (Lipinski definition) is 1. The monoisotopic (exact) mass is 216 g/mol. The van der Waals surface area contributed by atoms with Crippen LogP contribution in [0.4, 0.5) is 0 Å². The first-order valence-corrected chi connectivity index (χ1v) is 4.74. The number of amides is 1. The Morgan fingerprint density at radius 1 is 1.50 bits per heavy atom. The number of nitrogens with one attached hydrogen (secondary N) is 1. The molecule has 0 aliphatic carbocycles. The number of hydrogen-bond acceptors (Lipinski definition) is 4. The fourth-order valence-electron chi connectivity index (χ4n) is 1.09. The fourth-order valence-corrected chi connectivity index (χ4v) is 1.09. The summed E-state index contributed by atoms with van der Waals surface area (Å²) in [5, 5.41) is 11.4. The van der Waals surface area contributed by atoms with Crippen LogP contribution in [-0.4, -0.2) is 21.9 Å². The average molecular weight is 216 g/mol. The highest BCUT2D eigenvalue weighted by Gasteiger charge is 2.10. The van der Waals surface area contributed by atoms with Crippen molar-refractivity contribution in [1.82, 2.24) is 15.3 Å². The summed E-state index contributed by atoms with van der Waals surface area (Å²) in [6.45, 7) is 3.73. The first kappa shape index (κ1) is 11.9. The van der Waals surface area contributed by atoms with Crippen LogP contribution in [0.25, 0.3) is 0 Å². The fraction of sp³-hybridized carbons (Fsp3) is 0.273. The molecule has 1 amide bonds. The Morgan fingerprint density at radius 2 is 2.12 bits per heavy atom. The van der Waals surface area contributed by atoms with Crippen LogP contribution in [0, 0.1) is 11.3 Å². The molecule has 0 saturated carbocycles. The number of nitriles is 1. The van der Waals surface area contributed by atoms with Gasteiger partial charge in [0.1, 0.15) is 12.4 Å². The standard InChI is InChI=1S/C11H12N4O/c1-8(2)3-10(4-12)15-11(16)9-5-13-7-14-6-9/h3,5-7,10H,1-2H3,(H,15,16)/t10-/m1/s1. The Kier molecular flexibility index (Phi) is 4.16. The van der Waals surface area contributed by atoms with E-state index >= 15 is 0 Å². The van der Waals surface area contributed by atoms with E-state index in [1.54, 1.807) is 6.08 Å². The van der Waals surface area contributed by atoms with Gasteiger partial charge in [0.15, 0.2) is 0 Å². The Balaban J connectivity index is 2.72. The number of aromatic nitrogens is 2. The van der Waals surface area contributed by atoms with E-state index in [0.717, 1.165) is 5.57 Å². The molecule has 1 N–H and O–H groups in total. The first-order chi connectivity index (χ1) is 7.63. The molecule has 0 spiro atoms. The molecule has 0 aliphatic rings. The molecule has 0 unspecified atom stereocenters. The smallest absolute Gasteiger partial charge is 0.255 e. The predicted molar refractivity (Wildman–Crippen MR) is 58.3 cm³/mol.